The van der Waals surface area contributed by atoms with Gasteiger partial charge < -0.3 is 9.80 Å². The van der Waals surface area contributed by atoms with Crippen LogP contribution >= 0.6 is 0 Å². The number of benzene rings is 1. The lowest BCUT2D eigenvalue weighted by Gasteiger charge is -2.24. The molecule has 1 heterocycles. The third-order valence-corrected chi connectivity index (χ3v) is 4.36. The first-order valence-electron chi connectivity index (χ1n) is 8.23. The predicted octanol–water partition coefficient (Wildman–Crippen LogP) is 3.00. The van der Waals surface area contributed by atoms with Gasteiger partial charge in [-0.2, -0.15) is 0 Å². The SMILES string of the molecule is CCCCN(CC)C(=O)[C@H]1CC(=O)N(c2ccccc2C)C1. The summed E-state index contributed by atoms with van der Waals surface area (Å²) in [6.45, 7) is 8.14. The van der Waals surface area contributed by atoms with Crippen LogP contribution in [0.2, 0.25) is 0 Å². The summed E-state index contributed by atoms with van der Waals surface area (Å²) in [7, 11) is 0. The molecule has 0 bridgehead atoms. The van der Waals surface area contributed by atoms with Gasteiger partial charge >= 0.3 is 0 Å². The third-order valence-electron chi connectivity index (χ3n) is 4.36. The number of rotatable bonds is 6. The summed E-state index contributed by atoms with van der Waals surface area (Å²) in [4.78, 5) is 28.6. The molecule has 4 nitrogen and oxygen atoms in total. The van der Waals surface area contributed by atoms with Gasteiger partial charge in [0.1, 0.15) is 0 Å². The monoisotopic (exact) mass is 302 g/mol. The summed E-state index contributed by atoms with van der Waals surface area (Å²) >= 11 is 0. The molecule has 1 saturated heterocycles. The number of carbonyl (C=O) groups excluding carboxylic acids is 2. The minimum atomic E-state index is -0.205. The summed E-state index contributed by atoms with van der Waals surface area (Å²) in [5.74, 6) is -0.0245. The van der Waals surface area contributed by atoms with Crippen LogP contribution in [0, 0.1) is 12.8 Å². The molecule has 1 aromatic rings. The van der Waals surface area contributed by atoms with Gasteiger partial charge in [0.15, 0.2) is 0 Å². The number of amides is 2. The molecule has 0 N–H and O–H groups in total. The maximum atomic E-state index is 12.6. The van der Waals surface area contributed by atoms with E-state index in [2.05, 4.69) is 6.92 Å². The van der Waals surface area contributed by atoms with E-state index in [1.807, 2.05) is 43.0 Å². The Bertz CT molecular complexity index is 542. The highest BCUT2D eigenvalue weighted by Crippen LogP contribution is 2.28. The fourth-order valence-corrected chi connectivity index (χ4v) is 3.00. The largest absolute Gasteiger partial charge is 0.343 e. The smallest absolute Gasteiger partial charge is 0.228 e. The van der Waals surface area contributed by atoms with Gasteiger partial charge in [0.2, 0.25) is 11.8 Å². The zero-order valence-electron chi connectivity index (χ0n) is 13.8. The van der Waals surface area contributed by atoms with Gasteiger partial charge in [0.05, 0.1) is 5.92 Å². The summed E-state index contributed by atoms with van der Waals surface area (Å²) in [6, 6.07) is 7.85. The minimum Gasteiger partial charge on any atom is -0.343 e. The number of aryl methyl sites for hydroxylation is 1. The topological polar surface area (TPSA) is 40.6 Å². The molecule has 120 valence electrons. The number of hydrogen-bond donors (Lipinski definition) is 0. The van der Waals surface area contributed by atoms with Crippen molar-refractivity contribution in [3.05, 3.63) is 29.8 Å². The number of hydrogen-bond acceptors (Lipinski definition) is 2. The molecule has 0 spiro atoms. The molecule has 0 unspecified atom stereocenters. The Morgan fingerprint density at radius 1 is 1.32 bits per heavy atom. The summed E-state index contributed by atoms with van der Waals surface area (Å²) < 4.78 is 0. The van der Waals surface area contributed by atoms with Gasteiger partial charge in [-0.1, -0.05) is 31.5 Å². The lowest BCUT2D eigenvalue weighted by Crippen LogP contribution is -2.38. The van der Waals surface area contributed by atoms with Gasteiger partial charge in [0, 0.05) is 31.7 Å². The average molecular weight is 302 g/mol. The van der Waals surface area contributed by atoms with Crippen LogP contribution in [0.4, 0.5) is 5.69 Å². The summed E-state index contributed by atoms with van der Waals surface area (Å²) in [5.41, 5.74) is 2.00. The van der Waals surface area contributed by atoms with Gasteiger partial charge in [-0.15, -0.1) is 0 Å². The van der Waals surface area contributed by atoms with Crippen LogP contribution in [0.3, 0.4) is 0 Å². The quantitative estimate of drug-likeness (QED) is 0.810. The molecule has 1 aliphatic heterocycles. The summed E-state index contributed by atoms with van der Waals surface area (Å²) in [5, 5.41) is 0. The highest BCUT2D eigenvalue weighted by atomic mass is 16.2. The lowest BCUT2D eigenvalue weighted by molar-refractivity contribution is -0.135. The second kappa shape index (κ2) is 7.43. The molecule has 1 aliphatic rings. The van der Waals surface area contributed by atoms with Crippen molar-refractivity contribution < 1.29 is 9.59 Å². The van der Waals surface area contributed by atoms with Crippen molar-refractivity contribution in [1.82, 2.24) is 4.90 Å². The Kier molecular flexibility index (Phi) is 5.58. The fourth-order valence-electron chi connectivity index (χ4n) is 3.00. The van der Waals surface area contributed by atoms with Crippen molar-refractivity contribution in [3.8, 4) is 0 Å². The first kappa shape index (κ1) is 16.5. The van der Waals surface area contributed by atoms with Gasteiger partial charge in [0.25, 0.3) is 0 Å². The third kappa shape index (κ3) is 3.49. The van der Waals surface area contributed by atoms with Crippen LogP contribution in [-0.2, 0) is 9.59 Å². The Labute approximate surface area is 133 Å². The number of nitrogens with zero attached hydrogens (tertiary/aromatic N) is 2. The Morgan fingerprint density at radius 2 is 2.05 bits per heavy atom. The van der Waals surface area contributed by atoms with E-state index in [9.17, 15) is 9.59 Å². The first-order valence-corrected chi connectivity index (χ1v) is 8.23. The van der Waals surface area contributed by atoms with Crippen LogP contribution in [-0.4, -0.2) is 36.3 Å². The van der Waals surface area contributed by atoms with Gasteiger partial charge in [-0.25, -0.2) is 0 Å². The standard InChI is InChI=1S/C18H26N2O2/c1-4-6-11-19(5-2)18(22)15-12-17(21)20(13-15)16-10-8-7-9-14(16)3/h7-10,15H,4-6,11-13H2,1-3H3/t15-/m0/s1. The molecule has 2 rings (SSSR count). The van der Waals surface area contributed by atoms with Crippen LogP contribution in [0.5, 0.6) is 0 Å². The van der Waals surface area contributed by atoms with E-state index in [1.165, 1.54) is 0 Å². The molecular weight excluding hydrogens is 276 g/mol. The van der Waals surface area contributed by atoms with Gasteiger partial charge in [-0.05, 0) is 31.9 Å². The van der Waals surface area contributed by atoms with E-state index in [1.54, 1.807) is 4.90 Å². The van der Waals surface area contributed by atoms with E-state index < -0.39 is 0 Å². The minimum absolute atomic E-state index is 0.0548. The molecular formula is C18H26N2O2. The molecule has 2 amide bonds. The molecule has 1 atom stereocenters. The van der Waals surface area contributed by atoms with Crippen molar-refractivity contribution in [2.75, 3.05) is 24.5 Å². The Balaban J connectivity index is 2.08. The van der Waals surface area contributed by atoms with E-state index in [0.29, 0.717) is 19.5 Å². The van der Waals surface area contributed by atoms with E-state index >= 15 is 0 Å². The normalized spacial score (nSPS) is 17.9. The van der Waals surface area contributed by atoms with Crippen LogP contribution in [0.1, 0.15) is 38.7 Å². The predicted molar refractivity (Wildman–Crippen MR) is 88.8 cm³/mol. The fraction of sp³-hybridized carbons (Fsp3) is 0.556. The first-order chi connectivity index (χ1) is 10.6. The summed E-state index contributed by atoms with van der Waals surface area (Å²) in [6.07, 6.45) is 2.42. The number of carbonyl (C=O) groups is 2. The van der Waals surface area contributed by atoms with E-state index in [0.717, 1.165) is 30.6 Å². The van der Waals surface area contributed by atoms with Crippen molar-refractivity contribution in [2.24, 2.45) is 5.92 Å². The van der Waals surface area contributed by atoms with Crippen molar-refractivity contribution in [3.63, 3.8) is 0 Å². The molecule has 1 fully saturated rings. The lowest BCUT2D eigenvalue weighted by atomic mass is 10.1. The Morgan fingerprint density at radius 3 is 2.68 bits per heavy atom. The number of unbranched alkanes of at least 4 members (excludes halogenated alkanes) is 1. The molecule has 0 aliphatic carbocycles. The zero-order valence-corrected chi connectivity index (χ0v) is 13.8. The second-order valence-corrected chi connectivity index (χ2v) is 5.96. The van der Waals surface area contributed by atoms with Crippen LogP contribution < -0.4 is 4.90 Å². The molecule has 0 saturated carbocycles. The Hall–Kier alpha value is -1.84. The molecule has 0 aromatic heterocycles. The average Bonchev–Trinajstić information content (AvgIpc) is 2.90. The maximum Gasteiger partial charge on any atom is 0.228 e. The van der Waals surface area contributed by atoms with E-state index in [4.69, 9.17) is 0 Å². The van der Waals surface area contributed by atoms with E-state index in [-0.39, 0.29) is 17.7 Å². The highest BCUT2D eigenvalue weighted by molar-refractivity contribution is 6.00. The molecule has 0 radical (unpaired) electrons. The molecule has 1 aromatic carbocycles. The highest BCUT2D eigenvalue weighted by Gasteiger charge is 2.37. The molecule has 22 heavy (non-hydrogen) atoms. The van der Waals surface area contributed by atoms with Crippen LogP contribution in [0.25, 0.3) is 0 Å². The zero-order chi connectivity index (χ0) is 16.1. The van der Waals surface area contributed by atoms with Crippen molar-refractivity contribution >= 4 is 17.5 Å². The second-order valence-electron chi connectivity index (χ2n) is 5.96. The number of para-hydroxylation sites is 1. The van der Waals surface area contributed by atoms with Crippen molar-refractivity contribution in [2.45, 2.75) is 40.0 Å². The number of anilines is 1. The van der Waals surface area contributed by atoms with Crippen molar-refractivity contribution in [1.29, 1.82) is 0 Å². The molecule has 4 heteroatoms. The van der Waals surface area contributed by atoms with Crippen LogP contribution in [0.15, 0.2) is 24.3 Å². The van der Waals surface area contributed by atoms with Gasteiger partial charge in [-0.3, -0.25) is 9.59 Å². The maximum absolute atomic E-state index is 12.6.